The molecule has 2 heterocycles. The molecule has 0 bridgehead atoms. The van der Waals surface area contributed by atoms with E-state index in [1.54, 1.807) is 0 Å². The maximum atomic E-state index is 5.80. The quantitative estimate of drug-likeness (QED) is 0.860. The van der Waals surface area contributed by atoms with Gasteiger partial charge in [-0.25, -0.2) is 4.98 Å². The van der Waals surface area contributed by atoms with Crippen molar-refractivity contribution in [2.75, 3.05) is 6.61 Å². The molecule has 1 unspecified atom stereocenters. The number of hydrogen-bond donors (Lipinski definition) is 1. The molecule has 0 spiro atoms. The van der Waals surface area contributed by atoms with Crippen LogP contribution in [-0.2, 0) is 16.8 Å². The van der Waals surface area contributed by atoms with Gasteiger partial charge in [0.2, 0.25) is 0 Å². The van der Waals surface area contributed by atoms with Gasteiger partial charge in [0.25, 0.3) is 0 Å². The summed E-state index contributed by atoms with van der Waals surface area (Å²) in [6.45, 7) is 5.03. The van der Waals surface area contributed by atoms with Crippen LogP contribution in [0.4, 0.5) is 0 Å². The Morgan fingerprint density at radius 1 is 1.59 bits per heavy atom. The Labute approximate surface area is 115 Å². The molecule has 1 atom stereocenters. The molecule has 1 fully saturated rings. The van der Waals surface area contributed by atoms with E-state index < -0.39 is 0 Å². The molecule has 1 aromatic rings. The smallest absolute Gasteiger partial charge is 0.144 e. The highest BCUT2D eigenvalue weighted by Gasteiger charge is 2.34. The van der Waals surface area contributed by atoms with Crippen molar-refractivity contribution in [3.8, 4) is 0 Å². The standard InChI is InChI=1S/C12H17BrN2OS/c1-3-5-8-9(13)10(17)15-11(14-8)12(2)6-4-7-16-12/h3-7H2,1-2H3,(H,14,15,17). The van der Waals surface area contributed by atoms with E-state index in [4.69, 9.17) is 17.0 Å². The molecule has 5 heteroatoms. The monoisotopic (exact) mass is 316 g/mol. The molecule has 1 aliphatic rings. The zero-order valence-corrected chi connectivity index (χ0v) is 12.6. The van der Waals surface area contributed by atoms with Crippen LogP contribution in [0.5, 0.6) is 0 Å². The summed E-state index contributed by atoms with van der Waals surface area (Å²) in [7, 11) is 0. The molecule has 1 N–H and O–H groups in total. The van der Waals surface area contributed by atoms with E-state index in [0.29, 0.717) is 4.64 Å². The third kappa shape index (κ3) is 2.61. The second-order valence-electron chi connectivity index (χ2n) is 4.62. The second kappa shape index (κ2) is 5.16. The topological polar surface area (TPSA) is 37.9 Å². The zero-order valence-electron chi connectivity index (χ0n) is 10.2. The van der Waals surface area contributed by atoms with E-state index in [1.165, 1.54) is 0 Å². The number of H-pyrrole nitrogens is 1. The summed E-state index contributed by atoms with van der Waals surface area (Å²) in [6, 6.07) is 0. The summed E-state index contributed by atoms with van der Waals surface area (Å²) in [5.74, 6) is 0.867. The minimum atomic E-state index is -0.295. The number of nitrogens with zero attached hydrogens (tertiary/aromatic N) is 1. The lowest BCUT2D eigenvalue weighted by atomic mass is 10.0. The SMILES string of the molecule is CCCc1[nH]c(C2(C)CCCO2)nc(=S)c1Br. The number of halogens is 1. The van der Waals surface area contributed by atoms with Gasteiger partial charge in [0.15, 0.2) is 0 Å². The van der Waals surface area contributed by atoms with Crippen molar-refractivity contribution in [1.82, 2.24) is 9.97 Å². The van der Waals surface area contributed by atoms with Gasteiger partial charge >= 0.3 is 0 Å². The predicted molar refractivity (Wildman–Crippen MR) is 73.7 cm³/mol. The number of aromatic amines is 1. The van der Waals surface area contributed by atoms with Crippen LogP contribution in [0.2, 0.25) is 0 Å². The zero-order chi connectivity index (χ0) is 12.5. The molecule has 2 rings (SSSR count). The van der Waals surface area contributed by atoms with E-state index in [2.05, 4.69) is 39.7 Å². The van der Waals surface area contributed by atoms with Crippen LogP contribution >= 0.6 is 28.1 Å². The van der Waals surface area contributed by atoms with E-state index in [1.807, 2.05) is 0 Å². The number of aromatic nitrogens is 2. The highest BCUT2D eigenvalue weighted by Crippen LogP contribution is 2.34. The van der Waals surface area contributed by atoms with Gasteiger partial charge < -0.3 is 9.72 Å². The second-order valence-corrected chi connectivity index (χ2v) is 5.80. The first-order valence-corrected chi connectivity index (χ1v) is 7.20. The van der Waals surface area contributed by atoms with Gasteiger partial charge in [0.05, 0.1) is 4.47 Å². The molecule has 1 aliphatic heterocycles. The normalized spacial score (nSPS) is 24.2. The molecule has 1 aromatic heterocycles. The molecule has 17 heavy (non-hydrogen) atoms. The molecular formula is C12H17BrN2OS. The Morgan fingerprint density at radius 3 is 2.94 bits per heavy atom. The summed E-state index contributed by atoms with van der Waals surface area (Å²) in [6.07, 6.45) is 4.12. The first kappa shape index (κ1) is 13.2. The molecule has 0 amide bonds. The summed E-state index contributed by atoms with van der Waals surface area (Å²) in [5.41, 5.74) is 0.829. The number of nitrogens with one attached hydrogen (secondary N) is 1. The molecule has 94 valence electrons. The van der Waals surface area contributed by atoms with E-state index in [9.17, 15) is 0 Å². The van der Waals surface area contributed by atoms with Gasteiger partial charge in [-0.05, 0) is 42.1 Å². The van der Waals surface area contributed by atoms with Crippen LogP contribution in [0.3, 0.4) is 0 Å². The molecule has 0 aliphatic carbocycles. The van der Waals surface area contributed by atoms with Crippen molar-refractivity contribution < 1.29 is 4.74 Å². The Bertz CT molecular complexity index is 466. The van der Waals surface area contributed by atoms with Gasteiger partial charge in [-0.15, -0.1) is 0 Å². The number of hydrogen-bond acceptors (Lipinski definition) is 3. The van der Waals surface area contributed by atoms with Crippen molar-refractivity contribution in [2.45, 2.75) is 45.1 Å². The maximum absolute atomic E-state index is 5.80. The average Bonchev–Trinajstić information content (AvgIpc) is 2.73. The third-order valence-corrected chi connectivity index (χ3v) is 4.57. The van der Waals surface area contributed by atoms with Crippen molar-refractivity contribution in [3.63, 3.8) is 0 Å². The van der Waals surface area contributed by atoms with Crippen molar-refractivity contribution in [1.29, 1.82) is 0 Å². The van der Waals surface area contributed by atoms with Crippen molar-refractivity contribution >= 4 is 28.1 Å². The summed E-state index contributed by atoms with van der Waals surface area (Å²) in [4.78, 5) is 7.84. The lowest BCUT2D eigenvalue weighted by Crippen LogP contribution is -2.24. The summed E-state index contributed by atoms with van der Waals surface area (Å²) in [5, 5.41) is 0. The molecule has 0 saturated carbocycles. The molecule has 0 aromatic carbocycles. The Balaban J connectivity index is 2.45. The van der Waals surface area contributed by atoms with Crippen molar-refractivity contribution in [2.24, 2.45) is 0 Å². The minimum Gasteiger partial charge on any atom is -0.367 e. The van der Waals surface area contributed by atoms with Gasteiger partial charge in [-0.1, -0.05) is 25.6 Å². The van der Waals surface area contributed by atoms with Crippen LogP contribution in [0.25, 0.3) is 0 Å². The van der Waals surface area contributed by atoms with Crippen LogP contribution in [-0.4, -0.2) is 16.6 Å². The Morgan fingerprint density at radius 2 is 2.35 bits per heavy atom. The highest BCUT2D eigenvalue weighted by atomic mass is 79.9. The van der Waals surface area contributed by atoms with Gasteiger partial charge in [0.1, 0.15) is 16.1 Å². The molecule has 1 saturated heterocycles. The van der Waals surface area contributed by atoms with Crippen LogP contribution in [0.15, 0.2) is 4.47 Å². The number of rotatable bonds is 3. The fourth-order valence-electron chi connectivity index (χ4n) is 2.14. The minimum absolute atomic E-state index is 0.295. The van der Waals surface area contributed by atoms with Gasteiger partial charge in [-0.3, -0.25) is 0 Å². The highest BCUT2D eigenvalue weighted by molar-refractivity contribution is 9.10. The van der Waals surface area contributed by atoms with Crippen LogP contribution < -0.4 is 0 Å². The summed E-state index contributed by atoms with van der Waals surface area (Å²) >= 11 is 8.80. The van der Waals surface area contributed by atoms with Crippen molar-refractivity contribution in [3.05, 3.63) is 20.6 Å². The Kier molecular flexibility index (Phi) is 4.00. The first-order valence-electron chi connectivity index (χ1n) is 6.00. The van der Waals surface area contributed by atoms with Crippen LogP contribution in [0.1, 0.15) is 44.6 Å². The lowest BCUT2D eigenvalue weighted by Gasteiger charge is -2.23. The lowest BCUT2D eigenvalue weighted by molar-refractivity contribution is 0.00902. The summed E-state index contributed by atoms with van der Waals surface area (Å²) < 4.78 is 7.34. The first-order chi connectivity index (χ1) is 8.07. The largest absolute Gasteiger partial charge is 0.367 e. The number of ether oxygens (including phenoxy) is 1. The van der Waals surface area contributed by atoms with E-state index in [0.717, 1.165) is 48.3 Å². The van der Waals surface area contributed by atoms with Gasteiger partial charge in [-0.2, -0.15) is 0 Å². The third-order valence-electron chi connectivity index (χ3n) is 3.16. The molecule has 0 radical (unpaired) electrons. The van der Waals surface area contributed by atoms with Crippen LogP contribution in [0, 0.1) is 4.64 Å². The fraction of sp³-hybridized carbons (Fsp3) is 0.667. The average molecular weight is 317 g/mol. The molecule has 3 nitrogen and oxygen atoms in total. The number of aryl methyl sites for hydroxylation is 1. The predicted octanol–water partition coefficient (Wildman–Crippen LogP) is 3.88. The van der Waals surface area contributed by atoms with E-state index >= 15 is 0 Å². The van der Waals surface area contributed by atoms with Gasteiger partial charge in [0, 0.05) is 12.3 Å². The fourth-order valence-corrected chi connectivity index (χ4v) is 2.74. The maximum Gasteiger partial charge on any atom is 0.144 e. The molecular weight excluding hydrogens is 300 g/mol. The van der Waals surface area contributed by atoms with E-state index in [-0.39, 0.29) is 5.60 Å². The Hall–Kier alpha value is -0.260.